The summed E-state index contributed by atoms with van der Waals surface area (Å²) in [4.78, 5) is 39.4. The van der Waals surface area contributed by atoms with Crippen molar-refractivity contribution in [1.82, 2.24) is 5.32 Å². The number of nitrogens with one attached hydrogen (secondary N) is 3. The van der Waals surface area contributed by atoms with Crippen LogP contribution in [0.5, 0.6) is 0 Å². The second kappa shape index (κ2) is 14.4. The SMILES string of the molecule is O=C(CSc1cccc(NC(=O)/C(=C\c2cccc(Cl)c2Cl)NC(=O)c2ccccc2)c1)Nc1cc(Cl)cc(Cl)c1. The van der Waals surface area contributed by atoms with E-state index in [1.807, 2.05) is 6.07 Å². The van der Waals surface area contributed by atoms with E-state index in [2.05, 4.69) is 16.0 Å². The van der Waals surface area contributed by atoms with Crippen LogP contribution in [0.3, 0.4) is 0 Å². The lowest BCUT2D eigenvalue weighted by Crippen LogP contribution is -2.30. The predicted molar refractivity (Wildman–Crippen MR) is 169 cm³/mol. The quantitative estimate of drug-likeness (QED) is 0.126. The summed E-state index contributed by atoms with van der Waals surface area (Å²) in [5.74, 6) is -1.20. The lowest BCUT2D eigenvalue weighted by molar-refractivity contribution is -0.114. The summed E-state index contributed by atoms with van der Waals surface area (Å²) in [6, 6.07) is 25.2. The molecule has 0 unspecified atom stereocenters. The van der Waals surface area contributed by atoms with E-state index < -0.39 is 11.8 Å². The van der Waals surface area contributed by atoms with E-state index in [0.717, 1.165) is 4.90 Å². The van der Waals surface area contributed by atoms with Crippen LogP contribution in [0.4, 0.5) is 11.4 Å². The van der Waals surface area contributed by atoms with Crippen LogP contribution in [0, 0.1) is 0 Å². The van der Waals surface area contributed by atoms with Crippen molar-refractivity contribution in [2.45, 2.75) is 4.90 Å². The standard InChI is InChI=1S/C30H21Cl4N3O3S/c31-20-13-21(32)15-23(14-20)35-27(38)17-41-24-10-5-9-22(16-24)36-30(40)26(12-19-8-4-11-25(33)28(19)34)37-29(39)18-6-2-1-3-7-18/h1-16H,17H2,(H,35,38)(H,36,40)(H,37,39)/b26-12+. The minimum absolute atomic E-state index is 0.0411. The smallest absolute Gasteiger partial charge is 0.272 e. The number of carbonyl (C=O) groups is 3. The van der Waals surface area contributed by atoms with Crippen molar-refractivity contribution in [2.75, 3.05) is 16.4 Å². The van der Waals surface area contributed by atoms with Crippen molar-refractivity contribution in [3.8, 4) is 0 Å². The zero-order valence-electron chi connectivity index (χ0n) is 21.1. The Bertz CT molecular complexity index is 1610. The Morgan fingerprint density at radius 1 is 0.732 bits per heavy atom. The molecule has 0 aliphatic carbocycles. The van der Waals surface area contributed by atoms with Crippen molar-refractivity contribution in [1.29, 1.82) is 0 Å². The molecule has 0 heterocycles. The molecule has 0 fully saturated rings. The fourth-order valence-electron chi connectivity index (χ4n) is 3.56. The van der Waals surface area contributed by atoms with Crippen LogP contribution in [0.1, 0.15) is 15.9 Å². The van der Waals surface area contributed by atoms with Crippen LogP contribution in [0.2, 0.25) is 20.1 Å². The molecule has 0 radical (unpaired) electrons. The molecular weight excluding hydrogens is 624 g/mol. The Hall–Kier alpha value is -3.46. The van der Waals surface area contributed by atoms with Gasteiger partial charge in [0.25, 0.3) is 11.8 Å². The lowest BCUT2D eigenvalue weighted by atomic mass is 10.1. The molecule has 4 aromatic carbocycles. The third kappa shape index (κ3) is 9.01. The van der Waals surface area contributed by atoms with Crippen molar-refractivity contribution in [3.63, 3.8) is 0 Å². The molecule has 0 saturated heterocycles. The zero-order chi connectivity index (χ0) is 29.4. The van der Waals surface area contributed by atoms with Crippen molar-refractivity contribution in [2.24, 2.45) is 0 Å². The van der Waals surface area contributed by atoms with Gasteiger partial charge in [0.1, 0.15) is 5.70 Å². The molecule has 0 spiro atoms. The molecule has 11 heteroatoms. The van der Waals surface area contributed by atoms with Gasteiger partial charge in [0.05, 0.1) is 15.8 Å². The summed E-state index contributed by atoms with van der Waals surface area (Å²) in [5, 5.41) is 9.58. The molecule has 3 N–H and O–H groups in total. The van der Waals surface area contributed by atoms with Gasteiger partial charge in [-0.1, -0.05) is 82.8 Å². The fraction of sp³-hybridized carbons (Fsp3) is 0.0333. The number of hydrogen-bond donors (Lipinski definition) is 3. The van der Waals surface area contributed by atoms with Gasteiger partial charge in [-0.2, -0.15) is 0 Å². The highest BCUT2D eigenvalue weighted by molar-refractivity contribution is 8.00. The van der Waals surface area contributed by atoms with Crippen molar-refractivity contribution in [3.05, 3.63) is 128 Å². The number of amides is 3. The molecule has 0 aliphatic heterocycles. The van der Waals surface area contributed by atoms with Gasteiger partial charge >= 0.3 is 0 Å². The van der Waals surface area contributed by atoms with Crippen LogP contribution in [0.15, 0.2) is 102 Å². The topological polar surface area (TPSA) is 87.3 Å². The van der Waals surface area contributed by atoms with E-state index in [4.69, 9.17) is 46.4 Å². The number of carbonyl (C=O) groups excluding carboxylic acids is 3. The van der Waals surface area contributed by atoms with Gasteiger partial charge in [-0.25, -0.2) is 0 Å². The Kier molecular flexibility index (Phi) is 10.7. The summed E-state index contributed by atoms with van der Waals surface area (Å²) >= 11 is 25.7. The van der Waals surface area contributed by atoms with Gasteiger partial charge in [-0.05, 0) is 66.2 Å². The Morgan fingerprint density at radius 3 is 2.17 bits per heavy atom. The number of hydrogen-bond acceptors (Lipinski definition) is 4. The minimum atomic E-state index is -0.581. The second-order valence-electron chi connectivity index (χ2n) is 8.50. The van der Waals surface area contributed by atoms with E-state index in [1.54, 1.807) is 84.9 Å². The maximum Gasteiger partial charge on any atom is 0.272 e. The Morgan fingerprint density at radius 2 is 1.44 bits per heavy atom. The van der Waals surface area contributed by atoms with Gasteiger partial charge in [0.15, 0.2) is 0 Å². The van der Waals surface area contributed by atoms with Gasteiger partial charge in [-0.3, -0.25) is 14.4 Å². The largest absolute Gasteiger partial charge is 0.325 e. The third-order valence-corrected chi connectivity index (χ3v) is 7.68. The number of anilines is 2. The Balaban J connectivity index is 1.48. The highest BCUT2D eigenvalue weighted by Crippen LogP contribution is 2.28. The minimum Gasteiger partial charge on any atom is -0.325 e. The molecule has 208 valence electrons. The molecule has 0 saturated carbocycles. The van der Waals surface area contributed by atoms with E-state index >= 15 is 0 Å². The first-order valence-corrected chi connectivity index (χ1v) is 14.5. The molecule has 0 aromatic heterocycles. The van der Waals surface area contributed by atoms with Crippen LogP contribution in [-0.4, -0.2) is 23.5 Å². The fourth-order valence-corrected chi connectivity index (χ4v) is 5.21. The molecule has 0 aliphatic rings. The normalized spacial score (nSPS) is 11.1. The van der Waals surface area contributed by atoms with Crippen molar-refractivity contribution >= 4 is 93.3 Å². The molecule has 41 heavy (non-hydrogen) atoms. The molecule has 4 rings (SSSR count). The van der Waals surface area contributed by atoms with Gasteiger partial charge < -0.3 is 16.0 Å². The second-order valence-corrected chi connectivity index (χ2v) is 11.2. The summed E-state index contributed by atoms with van der Waals surface area (Å²) in [6.07, 6.45) is 1.45. The molecule has 3 amide bonds. The zero-order valence-corrected chi connectivity index (χ0v) is 24.9. The summed E-state index contributed by atoms with van der Waals surface area (Å²) in [7, 11) is 0. The molecular formula is C30H21Cl4N3O3S. The first-order chi connectivity index (χ1) is 19.7. The monoisotopic (exact) mass is 643 g/mol. The maximum atomic E-state index is 13.4. The number of rotatable bonds is 9. The highest BCUT2D eigenvalue weighted by Gasteiger charge is 2.17. The third-order valence-electron chi connectivity index (χ3n) is 5.42. The average molecular weight is 645 g/mol. The number of benzene rings is 4. The van der Waals surface area contributed by atoms with Crippen molar-refractivity contribution < 1.29 is 14.4 Å². The van der Waals surface area contributed by atoms with Crippen LogP contribution >= 0.6 is 58.2 Å². The average Bonchev–Trinajstić information content (AvgIpc) is 2.94. The van der Waals surface area contributed by atoms with E-state index in [-0.39, 0.29) is 22.4 Å². The van der Waals surface area contributed by atoms with Crippen LogP contribution in [0.25, 0.3) is 6.08 Å². The number of thioether (sulfide) groups is 1. The van der Waals surface area contributed by atoms with Gasteiger partial charge in [0, 0.05) is 31.9 Å². The Labute approximate surface area is 261 Å². The highest BCUT2D eigenvalue weighted by atomic mass is 35.5. The molecule has 4 aromatic rings. The predicted octanol–water partition coefficient (Wildman–Crippen LogP) is 8.44. The van der Waals surface area contributed by atoms with Crippen LogP contribution < -0.4 is 16.0 Å². The summed E-state index contributed by atoms with van der Waals surface area (Å²) in [6.45, 7) is 0. The lowest BCUT2D eigenvalue weighted by Gasteiger charge is -2.13. The van der Waals surface area contributed by atoms with E-state index in [1.165, 1.54) is 17.8 Å². The number of halogens is 4. The maximum absolute atomic E-state index is 13.4. The first kappa shape index (κ1) is 30.5. The first-order valence-electron chi connectivity index (χ1n) is 12.0. The summed E-state index contributed by atoms with van der Waals surface area (Å²) in [5.41, 5.74) is 1.74. The van der Waals surface area contributed by atoms with Gasteiger partial charge in [0.2, 0.25) is 5.91 Å². The molecule has 6 nitrogen and oxygen atoms in total. The van der Waals surface area contributed by atoms with Crippen LogP contribution in [-0.2, 0) is 9.59 Å². The molecule has 0 bridgehead atoms. The molecule has 0 atom stereocenters. The van der Waals surface area contributed by atoms with E-state index in [9.17, 15) is 14.4 Å². The van der Waals surface area contributed by atoms with Gasteiger partial charge in [-0.15, -0.1) is 11.8 Å². The summed E-state index contributed by atoms with van der Waals surface area (Å²) < 4.78 is 0. The van der Waals surface area contributed by atoms with E-state index in [0.29, 0.717) is 37.6 Å².